The number of carbonyl (C=O) groups excluding carboxylic acids is 2. The van der Waals surface area contributed by atoms with E-state index in [-0.39, 0.29) is 17.2 Å². The Balaban J connectivity index is 1.28. The zero-order chi connectivity index (χ0) is 28.5. The van der Waals surface area contributed by atoms with Gasteiger partial charge in [-0.05, 0) is 111 Å². The summed E-state index contributed by atoms with van der Waals surface area (Å²) in [6.45, 7) is 6.48. The molecule has 0 radical (unpaired) electrons. The van der Waals surface area contributed by atoms with Crippen LogP contribution in [0.25, 0.3) is 10.9 Å². The molecular formula is C35H42N2O3. The third kappa shape index (κ3) is 8.14. The van der Waals surface area contributed by atoms with E-state index in [1.54, 1.807) is 6.07 Å². The maximum Gasteiger partial charge on any atom is 0.248 e. The molecule has 2 N–H and O–H groups in total. The number of aromatic nitrogens is 1. The SMILES string of the molecule is CCCCc1cc(=O)[nH]c2cc(NC(=O)Cc3ccc(CCCCC4=C/C(=O)CCC/C(C)=C\4C)cc3)ccc12. The predicted octanol–water partition coefficient (Wildman–Crippen LogP) is 7.78. The van der Waals surface area contributed by atoms with Crippen LogP contribution in [0.4, 0.5) is 5.69 Å². The van der Waals surface area contributed by atoms with Crippen molar-refractivity contribution in [3.63, 3.8) is 0 Å². The van der Waals surface area contributed by atoms with Crippen molar-refractivity contribution in [2.75, 3.05) is 5.32 Å². The van der Waals surface area contributed by atoms with E-state index in [2.05, 4.69) is 43.2 Å². The molecular weight excluding hydrogens is 496 g/mol. The lowest BCUT2D eigenvalue weighted by Crippen LogP contribution is -2.14. The first kappa shape index (κ1) is 29.3. The highest BCUT2D eigenvalue weighted by atomic mass is 16.1. The highest BCUT2D eigenvalue weighted by Gasteiger charge is 2.12. The van der Waals surface area contributed by atoms with E-state index in [1.165, 1.54) is 22.3 Å². The minimum Gasteiger partial charge on any atom is -0.326 e. The van der Waals surface area contributed by atoms with Gasteiger partial charge >= 0.3 is 0 Å². The van der Waals surface area contributed by atoms with Crippen LogP contribution < -0.4 is 10.9 Å². The molecule has 1 heterocycles. The number of hydrogen-bond acceptors (Lipinski definition) is 3. The summed E-state index contributed by atoms with van der Waals surface area (Å²) < 4.78 is 0. The van der Waals surface area contributed by atoms with Gasteiger partial charge in [-0.1, -0.05) is 49.2 Å². The van der Waals surface area contributed by atoms with Crippen LogP contribution in [0.2, 0.25) is 0 Å². The second-order valence-corrected chi connectivity index (χ2v) is 11.2. The molecule has 1 aliphatic carbocycles. The Morgan fingerprint density at radius 2 is 1.62 bits per heavy atom. The van der Waals surface area contributed by atoms with Crippen LogP contribution in [0.15, 0.2) is 76.1 Å². The van der Waals surface area contributed by atoms with Crippen LogP contribution >= 0.6 is 0 Å². The summed E-state index contributed by atoms with van der Waals surface area (Å²) in [7, 11) is 0. The van der Waals surface area contributed by atoms with Crippen molar-refractivity contribution in [2.24, 2.45) is 0 Å². The molecule has 5 heteroatoms. The molecule has 0 bridgehead atoms. The van der Waals surface area contributed by atoms with E-state index in [4.69, 9.17) is 0 Å². The van der Waals surface area contributed by atoms with Gasteiger partial charge in [-0.25, -0.2) is 0 Å². The van der Waals surface area contributed by atoms with Crippen molar-refractivity contribution < 1.29 is 9.59 Å². The fraction of sp³-hybridized carbons (Fsp3) is 0.400. The number of H-pyrrole nitrogens is 1. The number of amides is 1. The van der Waals surface area contributed by atoms with E-state index in [0.29, 0.717) is 18.5 Å². The van der Waals surface area contributed by atoms with Crippen LogP contribution in [0.1, 0.15) is 88.8 Å². The number of aromatic amines is 1. The summed E-state index contributed by atoms with van der Waals surface area (Å²) in [5, 5.41) is 4.00. The fourth-order valence-electron chi connectivity index (χ4n) is 5.47. The standard InChI is InChI=1S/C35H42N2O3/c1-4-5-11-29-22-35(40)37-33-23-30(18-19-32(29)33)36-34(39)20-27-16-14-26(15-17-27)10-6-7-12-28-21-31(38)13-8-9-24(2)25(28)3/h14-19,21-23H,4-13,20H2,1-3H3,(H,36,39)(H,37,40)/b25-24-,28-21-. The Kier molecular flexibility index (Phi) is 10.3. The number of rotatable bonds is 11. The third-order valence-corrected chi connectivity index (χ3v) is 7.99. The first-order valence-corrected chi connectivity index (χ1v) is 14.8. The number of ketones is 1. The monoisotopic (exact) mass is 538 g/mol. The van der Waals surface area contributed by atoms with Crippen LogP contribution in [0.5, 0.6) is 0 Å². The number of aryl methyl sites for hydroxylation is 2. The first-order valence-electron chi connectivity index (χ1n) is 14.8. The Hall–Kier alpha value is -3.73. The Bertz CT molecular complexity index is 1470. The Morgan fingerprint density at radius 3 is 2.40 bits per heavy atom. The molecule has 3 aromatic rings. The number of nitrogens with one attached hydrogen (secondary N) is 2. The van der Waals surface area contributed by atoms with Gasteiger partial charge in [0.25, 0.3) is 0 Å². The lowest BCUT2D eigenvalue weighted by atomic mass is 9.90. The van der Waals surface area contributed by atoms with Gasteiger partial charge in [0.1, 0.15) is 0 Å². The summed E-state index contributed by atoms with van der Waals surface area (Å²) in [6, 6.07) is 15.7. The van der Waals surface area contributed by atoms with E-state index in [9.17, 15) is 14.4 Å². The topological polar surface area (TPSA) is 79.0 Å². The molecule has 0 fully saturated rings. The smallest absolute Gasteiger partial charge is 0.248 e. The van der Waals surface area contributed by atoms with E-state index >= 15 is 0 Å². The number of unbranched alkanes of at least 4 members (excludes halogenated alkanes) is 2. The molecule has 5 nitrogen and oxygen atoms in total. The third-order valence-electron chi connectivity index (χ3n) is 7.99. The largest absolute Gasteiger partial charge is 0.326 e. The Labute approximate surface area is 237 Å². The minimum absolute atomic E-state index is 0.0858. The van der Waals surface area contributed by atoms with Gasteiger partial charge in [0.15, 0.2) is 5.78 Å². The number of benzene rings is 2. The molecule has 1 aliphatic rings. The predicted molar refractivity (Wildman–Crippen MR) is 165 cm³/mol. The van der Waals surface area contributed by atoms with Gasteiger partial charge in [0, 0.05) is 23.6 Å². The Morgan fingerprint density at radius 1 is 0.875 bits per heavy atom. The molecule has 0 aliphatic heterocycles. The lowest BCUT2D eigenvalue weighted by molar-refractivity contribution is -0.116. The molecule has 0 saturated carbocycles. The number of pyridine rings is 1. The maximum atomic E-state index is 12.7. The second kappa shape index (κ2) is 14.1. The molecule has 1 amide bonds. The number of carbonyl (C=O) groups is 2. The molecule has 0 saturated heterocycles. The van der Waals surface area contributed by atoms with Gasteiger partial charge in [-0.3, -0.25) is 14.4 Å². The van der Waals surface area contributed by atoms with Crippen LogP contribution in [0.3, 0.4) is 0 Å². The minimum atomic E-state index is -0.115. The molecule has 40 heavy (non-hydrogen) atoms. The van der Waals surface area contributed by atoms with Crippen LogP contribution in [-0.2, 0) is 28.9 Å². The van der Waals surface area contributed by atoms with Gasteiger partial charge < -0.3 is 10.3 Å². The molecule has 4 rings (SSSR count). The number of allylic oxidation sites excluding steroid dienone is 4. The summed E-state index contributed by atoms with van der Waals surface area (Å²) >= 11 is 0. The normalized spacial score (nSPS) is 17.3. The highest BCUT2D eigenvalue weighted by molar-refractivity contribution is 5.95. The maximum absolute atomic E-state index is 12.7. The summed E-state index contributed by atoms with van der Waals surface area (Å²) in [6.07, 6.45) is 11.8. The zero-order valence-corrected chi connectivity index (χ0v) is 24.2. The lowest BCUT2D eigenvalue weighted by Gasteiger charge is -2.15. The average molecular weight is 539 g/mol. The van der Waals surface area contributed by atoms with Crippen molar-refractivity contribution in [1.82, 2.24) is 4.98 Å². The van der Waals surface area contributed by atoms with Crippen molar-refractivity contribution in [3.05, 3.63) is 98.4 Å². The quantitative estimate of drug-likeness (QED) is 0.245. The van der Waals surface area contributed by atoms with Crippen molar-refractivity contribution in [3.8, 4) is 0 Å². The summed E-state index contributed by atoms with van der Waals surface area (Å²) in [4.78, 5) is 39.9. The number of anilines is 1. The van der Waals surface area contributed by atoms with Crippen molar-refractivity contribution in [2.45, 2.75) is 91.4 Å². The van der Waals surface area contributed by atoms with Gasteiger partial charge in [0.2, 0.25) is 11.5 Å². The first-order chi connectivity index (χ1) is 19.3. The highest BCUT2D eigenvalue weighted by Crippen LogP contribution is 2.26. The molecule has 1 aromatic heterocycles. The fourth-order valence-corrected chi connectivity index (χ4v) is 5.47. The van der Waals surface area contributed by atoms with Crippen molar-refractivity contribution in [1.29, 1.82) is 0 Å². The molecule has 210 valence electrons. The molecule has 2 aromatic carbocycles. The molecule has 0 atom stereocenters. The van der Waals surface area contributed by atoms with E-state index < -0.39 is 0 Å². The van der Waals surface area contributed by atoms with Crippen LogP contribution in [0, 0.1) is 0 Å². The summed E-state index contributed by atoms with van der Waals surface area (Å²) in [5.41, 5.74) is 8.50. The number of fused-ring (bicyclic) bond motifs is 1. The second-order valence-electron chi connectivity index (χ2n) is 11.2. The average Bonchev–Trinajstić information content (AvgIpc) is 2.92. The van der Waals surface area contributed by atoms with E-state index in [0.717, 1.165) is 79.8 Å². The van der Waals surface area contributed by atoms with Crippen LogP contribution in [-0.4, -0.2) is 16.7 Å². The molecule has 0 spiro atoms. The van der Waals surface area contributed by atoms with Gasteiger partial charge in [-0.15, -0.1) is 0 Å². The van der Waals surface area contributed by atoms with Gasteiger partial charge in [-0.2, -0.15) is 0 Å². The van der Waals surface area contributed by atoms with Crippen molar-refractivity contribution >= 4 is 28.3 Å². The zero-order valence-electron chi connectivity index (χ0n) is 24.2. The number of hydrogen-bond donors (Lipinski definition) is 2. The van der Waals surface area contributed by atoms with Gasteiger partial charge in [0.05, 0.1) is 11.9 Å². The van der Waals surface area contributed by atoms with E-state index in [1.807, 2.05) is 36.4 Å². The molecule has 0 unspecified atom stereocenters. The summed E-state index contributed by atoms with van der Waals surface area (Å²) in [5.74, 6) is 0.172.